The molecule has 0 fully saturated rings. The van der Waals surface area contributed by atoms with Crippen molar-refractivity contribution in [2.45, 2.75) is 29.9 Å². The van der Waals surface area contributed by atoms with Crippen molar-refractivity contribution in [1.29, 1.82) is 5.26 Å². The third-order valence-electron chi connectivity index (χ3n) is 6.63. The topological polar surface area (TPSA) is 124 Å². The molecule has 0 amide bonds. The van der Waals surface area contributed by atoms with E-state index in [9.17, 15) is 13.5 Å². The van der Waals surface area contributed by atoms with Gasteiger partial charge in [-0.1, -0.05) is 24.3 Å². The molecule has 1 aliphatic rings. The van der Waals surface area contributed by atoms with Gasteiger partial charge in [0.25, 0.3) is 10.0 Å². The average molecular weight is 541 g/mol. The van der Waals surface area contributed by atoms with E-state index in [0.717, 1.165) is 40.8 Å². The van der Waals surface area contributed by atoms with E-state index in [0.29, 0.717) is 24.3 Å². The number of aliphatic hydroxyl groups excluding tert-OH is 1. The summed E-state index contributed by atoms with van der Waals surface area (Å²) in [4.78, 5) is 4.20. The van der Waals surface area contributed by atoms with Crippen molar-refractivity contribution in [1.82, 2.24) is 10.3 Å². The van der Waals surface area contributed by atoms with Crippen molar-refractivity contribution in [3.05, 3.63) is 108 Å². The minimum Gasteiger partial charge on any atom is -0.489 e. The van der Waals surface area contributed by atoms with Gasteiger partial charge in [0.15, 0.2) is 0 Å². The number of nitrogens with zero attached hydrogens (tertiary/aromatic N) is 2. The fourth-order valence-electron chi connectivity index (χ4n) is 4.49. The number of aryl methyl sites for hydroxylation is 1. The highest BCUT2D eigenvalue weighted by Crippen LogP contribution is 2.32. The van der Waals surface area contributed by atoms with Crippen LogP contribution in [0.15, 0.2) is 96.2 Å². The van der Waals surface area contributed by atoms with Gasteiger partial charge < -0.3 is 15.2 Å². The highest BCUT2D eigenvalue weighted by molar-refractivity contribution is 7.92. The molecule has 3 aromatic carbocycles. The number of fused-ring (bicyclic) bond motifs is 1. The number of pyridine rings is 1. The van der Waals surface area contributed by atoms with Gasteiger partial charge in [-0.3, -0.25) is 9.71 Å². The summed E-state index contributed by atoms with van der Waals surface area (Å²) in [5, 5.41) is 22.5. The standard InChI is InChI=1S/C30H28N4O4S/c31-17-21-3-9-26(10-4-21)34-39(36,37)28-12-6-22(7-13-28)23-8-14-30-24(16-23)5-11-27(38-30)19-33-20-29(35)25-2-1-15-32-18-25/h1-4,6-10,12-16,18,27,29,33-35H,5,11,19-20H2/t27-,29+/m1/s1. The molecule has 0 aliphatic carbocycles. The van der Waals surface area contributed by atoms with Crippen LogP contribution in [0.1, 0.15) is 29.2 Å². The minimum absolute atomic E-state index is 0.0116. The largest absolute Gasteiger partial charge is 0.489 e. The maximum absolute atomic E-state index is 12.8. The van der Waals surface area contributed by atoms with Crippen LogP contribution in [0.25, 0.3) is 11.1 Å². The lowest BCUT2D eigenvalue weighted by Crippen LogP contribution is -2.36. The summed E-state index contributed by atoms with van der Waals surface area (Å²) >= 11 is 0. The molecule has 0 radical (unpaired) electrons. The Hall–Kier alpha value is -4.23. The summed E-state index contributed by atoms with van der Waals surface area (Å²) in [7, 11) is -3.76. The van der Waals surface area contributed by atoms with E-state index in [1.54, 1.807) is 67.0 Å². The number of ether oxygens (including phenoxy) is 1. The number of nitrogens with one attached hydrogen (secondary N) is 2. The third kappa shape index (κ3) is 6.44. The normalized spacial score (nSPS) is 15.4. The fraction of sp³-hybridized carbons (Fsp3) is 0.200. The van der Waals surface area contributed by atoms with Crippen LogP contribution in [0.3, 0.4) is 0 Å². The van der Waals surface area contributed by atoms with Crippen LogP contribution in [0.4, 0.5) is 5.69 Å². The van der Waals surface area contributed by atoms with Crippen LogP contribution in [-0.4, -0.2) is 37.7 Å². The monoisotopic (exact) mass is 540 g/mol. The van der Waals surface area contributed by atoms with Gasteiger partial charge in [0.1, 0.15) is 11.9 Å². The smallest absolute Gasteiger partial charge is 0.261 e. The van der Waals surface area contributed by atoms with Gasteiger partial charge in [-0.25, -0.2) is 8.42 Å². The molecule has 5 rings (SSSR count). The Morgan fingerprint density at radius 2 is 1.82 bits per heavy atom. The molecule has 0 bridgehead atoms. The number of hydrogen-bond donors (Lipinski definition) is 3. The van der Waals surface area contributed by atoms with E-state index in [4.69, 9.17) is 10.00 Å². The summed E-state index contributed by atoms with van der Waals surface area (Å²) < 4.78 is 34.3. The molecular weight excluding hydrogens is 512 g/mol. The van der Waals surface area contributed by atoms with Gasteiger partial charge >= 0.3 is 0 Å². The minimum atomic E-state index is -3.76. The zero-order valence-electron chi connectivity index (χ0n) is 21.1. The summed E-state index contributed by atoms with van der Waals surface area (Å²) in [6.07, 6.45) is 4.45. The van der Waals surface area contributed by atoms with Gasteiger partial charge in [0.2, 0.25) is 0 Å². The van der Waals surface area contributed by atoms with Crippen molar-refractivity contribution in [3.8, 4) is 22.9 Å². The van der Waals surface area contributed by atoms with Gasteiger partial charge in [-0.2, -0.15) is 5.26 Å². The Labute approximate surface area is 228 Å². The van der Waals surface area contributed by atoms with Gasteiger partial charge in [-0.05, 0) is 84.1 Å². The van der Waals surface area contributed by atoms with Crippen molar-refractivity contribution >= 4 is 15.7 Å². The third-order valence-corrected chi connectivity index (χ3v) is 8.03. The molecule has 2 heterocycles. The molecule has 0 unspecified atom stereocenters. The van der Waals surface area contributed by atoms with Gasteiger partial charge in [0, 0.05) is 36.7 Å². The van der Waals surface area contributed by atoms with Crippen LogP contribution in [0.5, 0.6) is 5.75 Å². The lowest BCUT2D eigenvalue weighted by atomic mass is 9.97. The molecule has 39 heavy (non-hydrogen) atoms. The SMILES string of the molecule is N#Cc1ccc(NS(=O)(=O)c2ccc(-c3ccc4c(c3)CC[C@H](CNC[C@H](O)c3cccnc3)O4)cc2)cc1. The van der Waals surface area contributed by atoms with Crippen molar-refractivity contribution in [2.24, 2.45) is 0 Å². The van der Waals surface area contributed by atoms with E-state index in [1.807, 2.05) is 24.3 Å². The highest BCUT2D eigenvalue weighted by Gasteiger charge is 2.21. The lowest BCUT2D eigenvalue weighted by molar-refractivity contribution is 0.146. The van der Waals surface area contributed by atoms with Crippen LogP contribution in [-0.2, 0) is 16.4 Å². The van der Waals surface area contributed by atoms with Crippen LogP contribution in [0.2, 0.25) is 0 Å². The molecular formula is C30H28N4O4S. The zero-order valence-corrected chi connectivity index (χ0v) is 21.9. The second kappa shape index (κ2) is 11.7. The van der Waals surface area contributed by atoms with Crippen LogP contribution < -0.4 is 14.8 Å². The van der Waals surface area contributed by atoms with Crippen LogP contribution in [0, 0.1) is 11.3 Å². The Kier molecular flexibility index (Phi) is 7.89. The quantitative estimate of drug-likeness (QED) is 0.287. The summed E-state index contributed by atoms with van der Waals surface area (Å²) in [6, 6.07) is 24.7. The second-order valence-electron chi connectivity index (χ2n) is 9.38. The number of sulfonamides is 1. The van der Waals surface area contributed by atoms with E-state index in [-0.39, 0.29) is 11.0 Å². The number of rotatable bonds is 9. The number of aromatic nitrogens is 1. The number of aliphatic hydroxyl groups is 1. The van der Waals surface area contributed by atoms with Crippen molar-refractivity contribution in [3.63, 3.8) is 0 Å². The molecule has 1 aromatic heterocycles. The van der Waals surface area contributed by atoms with E-state index < -0.39 is 16.1 Å². The fourth-order valence-corrected chi connectivity index (χ4v) is 5.55. The first-order valence-corrected chi connectivity index (χ1v) is 14.1. The summed E-state index contributed by atoms with van der Waals surface area (Å²) in [5.41, 5.74) is 4.63. The summed E-state index contributed by atoms with van der Waals surface area (Å²) in [5.74, 6) is 0.843. The molecule has 1 aliphatic heterocycles. The molecule has 9 heteroatoms. The number of anilines is 1. The van der Waals surface area contributed by atoms with Crippen molar-refractivity contribution < 1.29 is 18.3 Å². The molecule has 0 spiro atoms. The van der Waals surface area contributed by atoms with Crippen molar-refractivity contribution in [2.75, 3.05) is 17.8 Å². The Bertz CT molecular complexity index is 1570. The maximum Gasteiger partial charge on any atom is 0.261 e. The van der Waals surface area contributed by atoms with E-state index in [2.05, 4.69) is 21.1 Å². The van der Waals surface area contributed by atoms with Gasteiger partial charge in [-0.15, -0.1) is 0 Å². The number of hydrogen-bond acceptors (Lipinski definition) is 7. The highest BCUT2D eigenvalue weighted by atomic mass is 32.2. The molecule has 2 atom stereocenters. The van der Waals surface area contributed by atoms with Crippen LogP contribution >= 0.6 is 0 Å². The molecule has 8 nitrogen and oxygen atoms in total. The summed E-state index contributed by atoms with van der Waals surface area (Å²) in [6.45, 7) is 1.05. The average Bonchev–Trinajstić information content (AvgIpc) is 2.97. The molecule has 4 aromatic rings. The Morgan fingerprint density at radius 3 is 2.54 bits per heavy atom. The first-order valence-electron chi connectivity index (χ1n) is 12.6. The molecule has 0 saturated carbocycles. The number of nitriles is 1. The Morgan fingerprint density at radius 1 is 1.05 bits per heavy atom. The maximum atomic E-state index is 12.8. The molecule has 198 valence electrons. The lowest BCUT2D eigenvalue weighted by Gasteiger charge is -2.27. The van der Waals surface area contributed by atoms with Gasteiger partial charge in [0.05, 0.1) is 22.6 Å². The predicted octanol–water partition coefficient (Wildman–Crippen LogP) is 4.44. The zero-order chi connectivity index (χ0) is 27.2. The van der Waals surface area contributed by atoms with E-state index >= 15 is 0 Å². The first kappa shape index (κ1) is 26.4. The van der Waals surface area contributed by atoms with E-state index in [1.165, 1.54) is 0 Å². The predicted molar refractivity (Wildman–Crippen MR) is 149 cm³/mol. The second-order valence-corrected chi connectivity index (χ2v) is 11.1. The Balaban J connectivity index is 1.18. The molecule has 0 saturated heterocycles. The first-order chi connectivity index (χ1) is 18.9. The molecule has 3 N–H and O–H groups in total. The number of benzene rings is 3.